The fourth-order valence-corrected chi connectivity index (χ4v) is 1.45. The van der Waals surface area contributed by atoms with Gasteiger partial charge in [-0.3, -0.25) is 4.79 Å². The Morgan fingerprint density at radius 2 is 2.27 bits per heavy atom. The first-order chi connectivity index (χ1) is 5.20. The van der Waals surface area contributed by atoms with Gasteiger partial charge in [0.1, 0.15) is 0 Å². The average molecular weight is 152 g/mol. The molecule has 0 saturated heterocycles. The van der Waals surface area contributed by atoms with Crippen LogP contribution >= 0.6 is 0 Å². The Morgan fingerprint density at radius 1 is 1.55 bits per heavy atom. The lowest BCUT2D eigenvalue weighted by atomic mass is 9.92. The Hall–Kier alpha value is -0.590. The molecule has 0 unspecified atom stereocenters. The van der Waals surface area contributed by atoms with Crippen molar-refractivity contribution < 1.29 is 4.79 Å². The molecule has 0 aliphatic heterocycles. The molecule has 1 heteroatoms. The van der Waals surface area contributed by atoms with Gasteiger partial charge < -0.3 is 0 Å². The zero-order valence-corrected chi connectivity index (χ0v) is 7.39. The van der Waals surface area contributed by atoms with Crippen molar-refractivity contribution in [3.8, 4) is 0 Å². The second-order valence-electron chi connectivity index (χ2n) is 3.64. The number of hydrogen-bond acceptors (Lipinski definition) is 1. The number of ketones is 1. The maximum atomic E-state index is 11.3. The van der Waals surface area contributed by atoms with E-state index in [0.29, 0.717) is 11.7 Å². The smallest absolute Gasteiger partial charge is 0.158 e. The average Bonchev–Trinajstić information content (AvgIpc) is 1.93. The molecule has 62 valence electrons. The molecule has 0 saturated carbocycles. The van der Waals surface area contributed by atoms with Crippen LogP contribution in [0.3, 0.4) is 0 Å². The number of allylic oxidation sites excluding steroid dienone is 2. The summed E-state index contributed by atoms with van der Waals surface area (Å²) in [7, 11) is 0. The van der Waals surface area contributed by atoms with Crippen molar-refractivity contribution in [3.63, 3.8) is 0 Å². The van der Waals surface area contributed by atoms with Crippen LogP contribution in [-0.4, -0.2) is 5.78 Å². The van der Waals surface area contributed by atoms with Gasteiger partial charge in [0.25, 0.3) is 0 Å². The van der Waals surface area contributed by atoms with E-state index in [0.717, 1.165) is 31.3 Å². The molecule has 1 aliphatic rings. The maximum absolute atomic E-state index is 11.3. The van der Waals surface area contributed by atoms with Crippen molar-refractivity contribution in [2.75, 3.05) is 0 Å². The first-order valence-electron chi connectivity index (χ1n) is 4.42. The maximum Gasteiger partial charge on any atom is 0.158 e. The van der Waals surface area contributed by atoms with E-state index in [-0.39, 0.29) is 0 Å². The standard InChI is InChI=1S/C10H16O/c1-8(2)7-9-5-3-4-6-10(9)11/h5,8H,3-4,6-7H2,1-2H3. The summed E-state index contributed by atoms with van der Waals surface area (Å²) in [6.45, 7) is 4.31. The van der Waals surface area contributed by atoms with Crippen LogP contribution in [-0.2, 0) is 4.79 Å². The van der Waals surface area contributed by atoms with Crippen LogP contribution in [0.5, 0.6) is 0 Å². The molecular formula is C10H16O. The summed E-state index contributed by atoms with van der Waals surface area (Å²) in [5.74, 6) is 0.994. The molecule has 1 nitrogen and oxygen atoms in total. The SMILES string of the molecule is CC(C)CC1=CCCCC1=O. The third-order valence-corrected chi connectivity index (χ3v) is 1.99. The van der Waals surface area contributed by atoms with Crippen LogP contribution in [0.2, 0.25) is 0 Å². The van der Waals surface area contributed by atoms with E-state index in [2.05, 4.69) is 19.9 Å². The Bertz CT molecular complexity index is 177. The third-order valence-electron chi connectivity index (χ3n) is 1.99. The zero-order valence-electron chi connectivity index (χ0n) is 7.39. The van der Waals surface area contributed by atoms with Crippen molar-refractivity contribution in [2.45, 2.75) is 39.5 Å². The lowest BCUT2D eigenvalue weighted by Crippen LogP contribution is -2.08. The van der Waals surface area contributed by atoms with Gasteiger partial charge in [-0.05, 0) is 30.8 Å². The Balaban J connectivity index is 2.54. The van der Waals surface area contributed by atoms with Crippen LogP contribution in [0.4, 0.5) is 0 Å². The molecule has 11 heavy (non-hydrogen) atoms. The zero-order chi connectivity index (χ0) is 8.27. The first kappa shape index (κ1) is 8.51. The monoisotopic (exact) mass is 152 g/mol. The molecule has 0 radical (unpaired) electrons. The molecular weight excluding hydrogens is 136 g/mol. The van der Waals surface area contributed by atoms with Crippen molar-refractivity contribution in [3.05, 3.63) is 11.6 Å². The molecule has 0 fully saturated rings. The van der Waals surface area contributed by atoms with Crippen LogP contribution in [0.1, 0.15) is 39.5 Å². The lowest BCUT2D eigenvalue weighted by molar-refractivity contribution is -0.116. The van der Waals surface area contributed by atoms with Gasteiger partial charge in [0, 0.05) is 6.42 Å². The third kappa shape index (κ3) is 2.49. The largest absolute Gasteiger partial charge is 0.295 e. The molecule has 0 amide bonds. The highest BCUT2D eigenvalue weighted by atomic mass is 16.1. The quantitative estimate of drug-likeness (QED) is 0.594. The normalized spacial score (nSPS) is 18.8. The topological polar surface area (TPSA) is 17.1 Å². The summed E-state index contributed by atoms with van der Waals surface area (Å²) in [6, 6.07) is 0. The van der Waals surface area contributed by atoms with E-state index < -0.39 is 0 Å². The van der Waals surface area contributed by atoms with Gasteiger partial charge in [-0.15, -0.1) is 0 Å². The van der Waals surface area contributed by atoms with Gasteiger partial charge in [-0.1, -0.05) is 19.9 Å². The molecule has 1 rings (SSSR count). The van der Waals surface area contributed by atoms with Crippen molar-refractivity contribution >= 4 is 5.78 Å². The molecule has 0 aromatic rings. The second kappa shape index (κ2) is 3.70. The van der Waals surface area contributed by atoms with E-state index in [1.54, 1.807) is 0 Å². The van der Waals surface area contributed by atoms with Crippen molar-refractivity contribution in [1.82, 2.24) is 0 Å². The van der Waals surface area contributed by atoms with Crippen molar-refractivity contribution in [1.29, 1.82) is 0 Å². The summed E-state index contributed by atoms with van der Waals surface area (Å²) in [6.07, 6.45) is 6.03. The van der Waals surface area contributed by atoms with Gasteiger partial charge in [-0.25, -0.2) is 0 Å². The molecule has 0 spiro atoms. The molecule has 0 N–H and O–H groups in total. The predicted octanol–water partition coefficient (Wildman–Crippen LogP) is 2.71. The fourth-order valence-electron chi connectivity index (χ4n) is 1.45. The summed E-state index contributed by atoms with van der Waals surface area (Å²) in [5.41, 5.74) is 1.08. The minimum Gasteiger partial charge on any atom is -0.295 e. The summed E-state index contributed by atoms with van der Waals surface area (Å²) < 4.78 is 0. The molecule has 0 aromatic carbocycles. The molecule has 0 atom stereocenters. The molecule has 0 heterocycles. The van der Waals surface area contributed by atoms with E-state index in [4.69, 9.17) is 0 Å². The Kier molecular flexibility index (Phi) is 2.86. The number of hydrogen-bond donors (Lipinski definition) is 0. The van der Waals surface area contributed by atoms with Crippen LogP contribution in [0.25, 0.3) is 0 Å². The van der Waals surface area contributed by atoms with Gasteiger partial charge >= 0.3 is 0 Å². The van der Waals surface area contributed by atoms with E-state index in [1.165, 1.54) is 0 Å². The number of carbonyl (C=O) groups is 1. The van der Waals surface area contributed by atoms with E-state index >= 15 is 0 Å². The van der Waals surface area contributed by atoms with Crippen LogP contribution in [0, 0.1) is 5.92 Å². The van der Waals surface area contributed by atoms with Gasteiger partial charge in [0.05, 0.1) is 0 Å². The van der Waals surface area contributed by atoms with Gasteiger partial charge in [-0.2, -0.15) is 0 Å². The summed E-state index contributed by atoms with van der Waals surface area (Å²) in [4.78, 5) is 11.3. The summed E-state index contributed by atoms with van der Waals surface area (Å²) >= 11 is 0. The minimum absolute atomic E-state index is 0.380. The number of rotatable bonds is 2. The molecule has 0 bridgehead atoms. The van der Waals surface area contributed by atoms with Crippen LogP contribution < -0.4 is 0 Å². The highest BCUT2D eigenvalue weighted by Gasteiger charge is 2.13. The minimum atomic E-state index is 0.380. The first-order valence-corrected chi connectivity index (χ1v) is 4.42. The summed E-state index contributed by atoms with van der Waals surface area (Å²) in [5, 5.41) is 0. The van der Waals surface area contributed by atoms with Crippen LogP contribution in [0.15, 0.2) is 11.6 Å². The molecule has 1 aliphatic carbocycles. The lowest BCUT2D eigenvalue weighted by Gasteiger charge is -2.12. The number of carbonyl (C=O) groups excluding carboxylic acids is 1. The fraction of sp³-hybridized carbons (Fsp3) is 0.700. The highest BCUT2D eigenvalue weighted by molar-refractivity contribution is 5.95. The van der Waals surface area contributed by atoms with E-state index in [1.807, 2.05) is 0 Å². The Morgan fingerprint density at radius 3 is 2.82 bits per heavy atom. The van der Waals surface area contributed by atoms with Crippen molar-refractivity contribution in [2.24, 2.45) is 5.92 Å². The highest BCUT2D eigenvalue weighted by Crippen LogP contribution is 2.20. The number of Topliss-reactive ketones (excluding diaryl/α,β-unsaturated/α-hetero) is 1. The van der Waals surface area contributed by atoms with E-state index in [9.17, 15) is 4.79 Å². The second-order valence-corrected chi connectivity index (χ2v) is 3.64. The molecule has 0 aromatic heterocycles. The van der Waals surface area contributed by atoms with Gasteiger partial charge in [0.2, 0.25) is 0 Å². The Labute approximate surface area is 68.5 Å². The predicted molar refractivity (Wildman–Crippen MR) is 46.4 cm³/mol. The van der Waals surface area contributed by atoms with Gasteiger partial charge in [0.15, 0.2) is 5.78 Å².